The largest absolute Gasteiger partial charge is 0.494 e. The lowest BCUT2D eigenvalue weighted by Gasteiger charge is -2.07. The van der Waals surface area contributed by atoms with Crippen molar-refractivity contribution in [3.8, 4) is 5.75 Å². The van der Waals surface area contributed by atoms with Crippen LogP contribution in [0, 0.1) is 6.92 Å². The number of nitrogens with zero attached hydrogens (tertiary/aromatic N) is 2. The topological polar surface area (TPSA) is 60.2 Å². The highest BCUT2D eigenvalue weighted by Crippen LogP contribution is 2.12. The molecule has 114 valence electrons. The van der Waals surface area contributed by atoms with Crippen LogP contribution in [0.15, 0.2) is 28.8 Å². The quantitative estimate of drug-likeness (QED) is 0.719. The van der Waals surface area contributed by atoms with Crippen molar-refractivity contribution in [1.29, 1.82) is 0 Å². The molecule has 0 aliphatic rings. The summed E-state index contributed by atoms with van der Waals surface area (Å²) in [5.41, 5.74) is 1.24. The Hall–Kier alpha value is -1.88. The van der Waals surface area contributed by atoms with Crippen molar-refractivity contribution in [2.75, 3.05) is 13.2 Å². The summed E-state index contributed by atoms with van der Waals surface area (Å²) in [7, 11) is 0. The zero-order chi connectivity index (χ0) is 14.9. The Balaban J connectivity index is 1.66. The predicted octanol–water partition coefficient (Wildman–Crippen LogP) is 2.89. The first kappa shape index (κ1) is 15.5. The van der Waals surface area contributed by atoms with Gasteiger partial charge in [-0.2, -0.15) is 4.98 Å². The number of aromatic nitrogens is 2. The molecule has 5 nitrogen and oxygen atoms in total. The van der Waals surface area contributed by atoms with Gasteiger partial charge in [-0.25, -0.2) is 0 Å². The third-order valence-electron chi connectivity index (χ3n) is 3.10. The fourth-order valence-electron chi connectivity index (χ4n) is 1.91. The zero-order valence-corrected chi connectivity index (χ0v) is 12.8. The number of hydrogen-bond donors (Lipinski definition) is 1. The van der Waals surface area contributed by atoms with Gasteiger partial charge in [0.15, 0.2) is 5.82 Å². The van der Waals surface area contributed by atoms with E-state index in [1.165, 1.54) is 5.56 Å². The van der Waals surface area contributed by atoms with E-state index in [0.717, 1.165) is 44.7 Å². The van der Waals surface area contributed by atoms with E-state index in [9.17, 15) is 0 Å². The van der Waals surface area contributed by atoms with Gasteiger partial charge in [-0.15, -0.1) is 0 Å². The van der Waals surface area contributed by atoms with E-state index in [2.05, 4.69) is 34.5 Å². The fourth-order valence-corrected chi connectivity index (χ4v) is 1.91. The lowest BCUT2D eigenvalue weighted by atomic mass is 10.2. The highest BCUT2D eigenvalue weighted by Gasteiger charge is 2.01. The van der Waals surface area contributed by atoms with Crippen molar-refractivity contribution in [3.05, 3.63) is 41.5 Å². The number of unbranched alkanes of at least 4 members (excludes halogenated alkanes) is 1. The molecule has 1 aromatic carbocycles. The predicted molar refractivity (Wildman–Crippen MR) is 81.3 cm³/mol. The number of aryl methyl sites for hydroxylation is 1. The summed E-state index contributed by atoms with van der Waals surface area (Å²) in [4.78, 5) is 4.17. The van der Waals surface area contributed by atoms with E-state index in [1.807, 2.05) is 19.1 Å². The van der Waals surface area contributed by atoms with Crippen LogP contribution in [-0.4, -0.2) is 23.3 Å². The van der Waals surface area contributed by atoms with Crippen molar-refractivity contribution < 1.29 is 9.26 Å². The first-order valence-electron chi connectivity index (χ1n) is 7.49. The Morgan fingerprint density at radius 1 is 1.24 bits per heavy atom. The molecule has 0 fully saturated rings. The van der Waals surface area contributed by atoms with Gasteiger partial charge >= 0.3 is 0 Å². The number of hydrogen-bond acceptors (Lipinski definition) is 5. The number of nitrogens with one attached hydrogen (secondary N) is 1. The molecular weight excluding hydrogens is 266 g/mol. The van der Waals surface area contributed by atoms with Gasteiger partial charge in [0.05, 0.1) is 6.61 Å². The minimum atomic E-state index is 0.680. The third-order valence-corrected chi connectivity index (χ3v) is 3.10. The summed E-state index contributed by atoms with van der Waals surface area (Å²) in [5, 5.41) is 7.13. The van der Waals surface area contributed by atoms with Crippen LogP contribution in [0.1, 0.15) is 37.0 Å². The second kappa shape index (κ2) is 8.42. The monoisotopic (exact) mass is 289 g/mol. The van der Waals surface area contributed by atoms with E-state index >= 15 is 0 Å². The van der Waals surface area contributed by atoms with Crippen molar-refractivity contribution in [2.45, 2.75) is 39.7 Å². The summed E-state index contributed by atoms with van der Waals surface area (Å²) in [5.74, 6) is 2.30. The molecule has 1 N–H and O–H groups in total. The molecule has 0 saturated carbocycles. The van der Waals surface area contributed by atoms with Gasteiger partial charge in [-0.1, -0.05) is 30.6 Å². The minimum Gasteiger partial charge on any atom is -0.494 e. The van der Waals surface area contributed by atoms with Crippen molar-refractivity contribution in [1.82, 2.24) is 15.5 Å². The maximum Gasteiger partial charge on any atom is 0.227 e. The maximum absolute atomic E-state index is 5.64. The molecule has 0 amide bonds. The minimum absolute atomic E-state index is 0.680. The molecule has 1 heterocycles. The molecule has 2 rings (SSSR count). The van der Waals surface area contributed by atoms with Crippen LogP contribution in [-0.2, 0) is 13.0 Å². The first-order chi connectivity index (χ1) is 10.3. The molecule has 0 aliphatic heterocycles. The third kappa shape index (κ3) is 5.55. The van der Waals surface area contributed by atoms with Gasteiger partial charge in [0.25, 0.3) is 0 Å². The Kier molecular flexibility index (Phi) is 6.22. The number of rotatable bonds is 9. The molecule has 0 atom stereocenters. The molecule has 0 bridgehead atoms. The maximum atomic E-state index is 5.64. The first-order valence-corrected chi connectivity index (χ1v) is 7.49. The van der Waals surface area contributed by atoms with Crippen LogP contribution in [0.3, 0.4) is 0 Å². The molecule has 5 heteroatoms. The average molecular weight is 289 g/mol. The van der Waals surface area contributed by atoms with Crippen molar-refractivity contribution in [2.24, 2.45) is 0 Å². The molecule has 1 aromatic heterocycles. The molecule has 21 heavy (non-hydrogen) atoms. The Morgan fingerprint density at radius 2 is 2.05 bits per heavy atom. The van der Waals surface area contributed by atoms with E-state index in [1.54, 1.807) is 0 Å². The van der Waals surface area contributed by atoms with E-state index in [-0.39, 0.29) is 0 Å². The van der Waals surface area contributed by atoms with Gasteiger partial charge < -0.3 is 14.6 Å². The highest BCUT2D eigenvalue weighted by molar-refractivity contribution is 5.27. The normalized spacial score (nSPS) is 10.8. The molecular formula is C16H23N3O2. The van der Waals surface area contributed by atoms with Crippen molar-refractivity contribution in [3.63, 3.8) is 0 Å². The number of ether oxygens (including phenoxy) is 1. The summed E-state index contributed by atoms with van der Waals surface area (Å²) in [6.45, 7) is 6.41. The fraction of sp³-hybridized carbons (Fsp3) is 0.500. The second-order valence-electron chi connectivity index (χ2n) is 5.01. The smallest absolute Gasteiger partial charge is 0.227 e. The Bertz CT molecular complexity index is 523. The SMILES string of the molecule is CCCCOc1ccc(CNCCc2nc(C)no2)cc1. The van der Waals surface area contributed by atoms with Crippen LogP contribution < -0.4 is 10.1 Å². The molecule has 2 aromatic rings. The molecule has 0 spiro atoms. The summed E-state index contributed by atoms with van der Waals surface area (Å²) in [6, 6.07) is 8.22. The van der Waals surface area contributed by atoms with Crippen LogP contribution >= 0.6 is 0 Å². The summed E-state index contributed by atoms with van der Waals surface area (Å²) >= 11 is 0. The van der Waals surface area contributed by atoms with Crippen LogP contribution in [0.2, 0.25) is 0 Å². The molecule has 0 saturated heterocycles. The van der Waals surface area contributed by atoms with E-state index in [0.29, 0.717) is 11.7 Å². The summed E-state index contributed by atoms with van der Waals surface area (Å²) in [6.07, 6.45) is 3.00. The van der Waals surface area contributed by atoms with Gasteiger partial charge in [0.2, 0.25) is 5.89 Å². The lowest BCUT2D eigenvalue weighted by molar-refractivity contribution is 0.309. The Labute approximate surface area is 125 Å². The zero-order valence-electron chi connectivity index (χ0n) is 12.8. The highest BCUT2D eigenvalue weighted by atomic mass is 16.5. The molecule has 0 unspecified atom stereocenters. The van der Waals surface area contributed by atoms with E-state index < -0.39 is 0 Å². The Morgan fingerprint density at radius 3 is 2.71 bits per heavy atom. The van der Waals surface area contributed by atoms with E-state index in [4.69, 9.17) is 9.26 Å². The van der Waals surface area contributed by atoms with Crippen LogP contribution in [0.4, 0.5) is 0 Å². The molecule has 0 radical (unpaired) electrons. The standard InChI is InChI=1S/C16H23N3O2/c1-3-4-11-20-15-7-5-14(6-8-15)12-17-10-9-16-18-13(2)19-21-16/h5-8,17H,3-4,9-12H2,1-2H3. The van der Waals surface area contributed by atoms with Gasteiger partial charge in [-0.3, -0.25) is 0 Å². The number of benzene rings is 1. The summed E-state index contributed by atoms with van der Waals surface area (Å²) < 4.78 is 10.7. The van der Waals surface area contributed by atoms with Gasteiger partial charge in [0, 0.05) is 19.5 Å². The van der Waals surface area contributed by atoms with Crippen molar-refractivity contribution >= 4 is 0 Å². The second-order valence-corrected chi connectivity index (χ2v) is 5.01. The molecule has 0 aliphatic carbocycles. The van der Waals surface area contributed by atoms with Crippen LogP contribution in [0.5, 0.6) is 5.75 Å². The van der Waals surface area contributed by atoms with Gasteiger partial charge in [-0.05, 0) is 31.0 Å². The van der Waals surface area contributed by atoms with Crippen LogP contribution in [0.25, 0.3) is 0 Å². The lowest BCUT2D eigenvalue weighted by Crippen LogP contribution is -2.16. The average Bonchev–Trinajstić information content (AvgIpc) is 2.91. The van der Waals surface area contributed by atoms with Gasteiger partial charge in [0.1, 0.15) is 5.75 Å².